The molecular weight excluding hydrogens is 803 g/mol. The van der Waals surface area contributed by atoms with E-state index < -0.39 is 18.0 Å². The van der Waals surface area contributed by atoms with Crippen LogP contribution >= 0.6 is 0 Å². The molecule has 0 rings (SSSR count). The Bertz CT molecular complexity index is 1210. The van der Waals surface area contributed by atoms with Gasteiger partial charge in [0, 0.05) is 44.7 Å². The lowest BCUT2D eigenvalue weighted by Gasteiger charge is -2.17. The maximum Gasteiger partial charge on any atom is 0.326 e. The number of allylic oxidation sites excluding steroid dienone is 1. The number of aliphatic carboxylic acids is 2. The van der Waals surface area contributed by atoms with Crippen LogP contribution in [-0.4, -0.2) is 137 Å². The van der Waals surface area contributed by atoms with Gasteiger partial charge in [-0.1, -0.05) is 83.6 Å². The van der Waals surface area contributed by atoms with Crippen LogP contribution in [0.3, 0.4) is 0 Å². The lowest BCUT2D eigenvalue weighted by Crippen LogP contribution is -2.38. The number of carboxylic acids is 2. The second-order valence-corrected chi connectivity index (χ2v) is 15.7. The van der Waals surface area contributed by atoms with Crippen LogP contribution in [0.4, 0.5) is 0 Å². The fourth-order valence-corrected chi connectivity index (χ4v) is 6.53. The van der Waals surface area contributed by atoms with Crippen molar-refractivity contribution in [1.82, 2.24) is 21.3 Å². The van der Waals surface area contributed by atoms with E-state index in [1.54, 1.807) is 7.05 Å². The third kappa shape index (κ3) is 39.4. The first-order valence-electron chi connectivity index (χ1n) is 23.1. The molecule has 2 amide bonds. The van der Waals surface area contributed by atoms with Crippen molar-refractivity contribution in [2.24, 2.45) is 5.73 Å². The summed E-state index contributed by atoms with van der Waals surface area (Å²) in [5.74, 6) is -2.29. The summed E-state index contributed by atoms with van der Waals surface area (Å²) in [5.41, 5.74) is 6.07. The van der Waals surface area contributed by atoms with E-state index in [2.05, 4.69) is 27.8 Å². The first kappa shape index (κ1) is 58.5. The average Bonchev–Trinajstić information content (AvgIpc) is 3.24. The van der Waals surface area contributed by atoms with E-state index in [9.17, 15) is 33.9 Å². The summed E-state index contributed by atoms with van der Waals surface area (Å²) < 4.78 is 21.6. The number of carboxylic acid groups (broad SMARTS) is 2. The normalized spacial score (nSPS) is 12.1. The molecule has 0 spiro atoms. The highest BCUT2D eigenvalue weighted by Crippen LogP contribution is 2.15. The number of Topliss-reactive ketones (excluding diaryl/α,β-unsaturated/α-hetero) is 2. The summed E-state index contributed by atoms with van der Waals surface area (Å²) in [6.07, 6.45) is 20.2. The number of amides is 2. The van der Waals surface area contributed by atoms with Crippen molar-refractivity contribution in [2.45, 2.75) is 160 Å². The predicted octanol–water partition coefficient (Wildman–Crippen LogP) is 4.58. The van der Waals surface area contributed by atoms with Gasteiger partial charge in [0.2, 0.25) is 11.8 Å². The molecule has 17 nitrogen and oxygen atoms in total. The Morgan fingerprint density at radius 3 is 1.63 bits per heavy atom. The van der Waals surface area contributed by atoms with E-state index in [4.69, 9.17) is 29.8 Å². The zero-order valence-corrected chi connectivity index (χ0v) is 38.0. The second-order valence-electron chi connectivity index (χ2n) is 15.7. The largest absolute Gasteiger partial charge is 0.481 e. The van der Waals surface area contributed by atoms with Crippen LogP contribution in [0, 0.1) is 0 Å². The van der Waals surface area contributed by atoms with Gasteiger partial charge in [-0.3, -0.25) is 24.0 Å². The van der Waals surface area contributed by atoms with Crippen LogP contribution in [0.15, 0.2) is 12.3 Å². The number of hydrogen-bond acceptors (Lipinski definition) is 13. The van der Waals surface area contributed by atoms with Gasteiger partial charge in [-0.2, -0.15) is 0 Å². The van der Waals surface area contributed by atoms with Gasteiger partial charge in [0.05, 0.1) is 45.6 Å². The molecule has 0 heterocycles. The third-order valence-electron chi connectivity index (χ3n) is 10.2. The second kappa shape index (κ2) is 42.8. The number of rotatable bonds is 48. The number of ketones is 2. The molecular formula is C45H83N5O12. The fraction of sp³-hybridized carbons (Fsp3) is 0.822. The topological polar surface area (TPSA) is 254 Å². The lowest BCUT2D eigenvalue weighted by atomic mass is 10.0. The highest BCUT2D eigenvalue weighted by molar-refractivity contribution is 5.85. The zero-order chi connectivity index (χ0) is 45.9. The molecule has 0 aromatic carbocycles. The SMILES string of the molecule is C=C(CCCCCCCCCCCCCCCCC(=O)O)NC(CCC(=O)NCCOCCOCC(=O)CCCOCCOCC(=O)NCCCC[C@H](NC)C(=O)CN)C(=O)O. The van der Waals surface area contributed by atoms with E-state index in [0.717, 1.165) is 51.4 Å². The minimum atomic E-state index is -1.02. The van der Waals surface area contributed by atoms with Gasteiger partial charge in [-0.25, -0.2) is 4.79 Å². The van der Waals surface area contributed by atoms with Crippen molar-refractivity contribution in [1.29, 1.82) is 0 Å². The molecule has 0 saturated heterocycles. The molecule has 2 atom stereocenters. The molecule has 0 aliphatic carbocycles. The molecule has 0 bridgehead atoms. The van der Waals surface area contributed by atoms with Crippen molar-refractivity contribution < 1.29 is 57.9 Å². The molecule has 360 valence electrons. The Hall–Kier alpha value is -3.48. The van der Waals surface area contributed by atoms with Gasteiger partial charge < -0.3 is 56.2 Å². The highest BCUT2D eigenvalue weighted by atomic mass is 16.5. The third-order valence-corrected chi connectivity index (χ3v) is 10.2. The van der Waals surface area contributed by atoms with Crippen molar-refractivity contribution in [3.05, 3.63) is 12.3 Å². The number of nitrogens with two attached hydrogens (primary N) is 1. The molecule has 0 fully saturated rings. The smallest absolute Gasteiger partial charge is 0.326 e. The minimum Gasteiger partial charge on any atom is -0.481 e. The Morgan fingerprint density at radius 2 is 1.06 bits per heavy atom. The van der Waals surface area contributed by atoms with E-state index in [1.165, 1.54) is 51.4 Å². The quantitative estimate of drug-likeness (QED) is 0.0413. The van der Waals surface area contributed by atoms with Crippen molar-refractivity contribution in [2.75, 3.05) is 79.5 Å². The van der Waals surface area contributed by atoms with Crippen molar-refractivity contribution in [3.8, 4) is 0 Å². The van der Waals surface area contributed by atoms with E-state index >= 15 is 0 Å². The van der Waals surface area contributed by atoms with Crippen LogP contribution in [0.25, 0.3) is 0 Å². The van der Waals surface area contributed by atoms with Crippen LogP contribution in [0.1, 0.15) is 148 Å². The first-order valence-corrected chi connectivity index (χ1v) is 23.1. The standard InChI is InChI=1S/C45H83N5O12/c1-37(20-15-13-11-9-7-5-3-4-6-8-10-12-14-16-23-44(55)56)50-40(45(57)58)24-25-42(53)49-27-29-60-31-32-61-35-38(51)21-19-28-59-30-33-62-36-43(54)48-26-18-17-22-39(47-2)41(52)34-46/h39-40,47,50H,1,3-36,46H2,2H3,(H,48,54)(H,49,53)(H,55,56)(H,57,58)/t39-,40?/m0/s1. The monoisotopic (exact) mass is 886 g/mol. The van der Waals surface area contributed by atoms with Crippen LogP contribution in [-0.2, 0) is 47.7 Å². The zero-order valence-electron chi connectivity index (χ0n) is 38.0. The van der Waals surface area contributed by atoms with E-state index in [1.807, 2.05) is 0 Å². The maximum absolute atomic E-state index is 12.3. The fourth-order valence-electron chi connectivity index (χ4n) is 6.53. The summed E-state index contributed by atoms with van der Waals surface area (Å²) in [4.78, 5) is 70.1. The summed E-state index contributed by atoms with van der Waals surface area (Å²) >= 11 is 0. The molecule has 0 aliphatic heterocycles. The molecule has 8 N–H and O–H groups in total. The summed E-state index contributed by atoms with van der Waals surface area (Å²) in [5, 5.41) is 29.7. The molecule has 1 unspecified atom stereocenters. The average molecular weight is 886 g/mol. The molecule has 0 aliphatic rings. The van der Waals surface area contributed by atoms with Gasteiger partial charge in [-0.05, 0) is 58.4 Å². The van der Waals surface area contributed by atoms with Crippen molar-refractivity contribution in [3.63, 3.8) is 0 Å². The van der Waals surface area contributed by atoms with Gasteiger partial charge in [0.1, 0.15) is 19.3 Å². The maximum atomic E-state index is 12.3. The Morgan fingerprint density at radius 1 is 0.532 bits per heavy atom. The van der Waals surface area contributed by atoms with Gasteiger partial charge in [-0.15, -0.1) is 0 Å². The highest BCUT2D eigenvalue weighted by Gasteiger charge is 2.19. The molecule has 62 heavy (non-hydrogen) atoms. The summed E-state index contributed by atoms with van der Waals surface area (Å²) in [7, 11) is 1.73. The summed E-state index contributed by atoms with van der Waals surface area (Å²) in [6, 6.07) is -1.14. The number of unbranched alkanes of at least 4 members (excludes halogenated alkanes) is 14. The van der Waals surface area contributed by atoms with Crippen LogP contribution in [0.2, 0.25) is 0 Å². The minimum absolute atomic E-state index is 0.00917. The number of hydrogen-bond donors (Lipinski definition) is 7. The molecule has 0 saturated carbocycles. The Labute approximate surface area is 371 Å². The lowest BCUT2D eigenvalue weighted by molar-refractivity contribution is -0.140. The first-order chi connectivity index (χ1) is 30.0. The van der Waals surface area contributed by atoms with Crippen molar-refractivity contribution >= 4 is 35.3 Å². The summed E-state index contributed by atoms with van der Waals surface area (Å²) in [6.45, 7) is 6.35. The Balaban J connectivity index is 3.66. The van der Waals surface area contributed by atoms with E-state index in [-0.39, 0.29) is 101 Å². The molecule has 0 aromatic rings. The van der Waals surface area contributed by atoms with Crippen LogP contribution < -0.4 is 27.0 Å². The number of carbonyl (C=O) groups excluding carboxylic acids is 4. The molecule has 0 aromatic heterocycles. The molecule has 17 heteroatoms. The van der Waals surface area contributed by atoms with Crippen LogP contribution in [0.5, 0.6) is 0 Å². The van der Waals surface area contributed by atoms with Gasteiger partial charge in [0.15, 0.2) is 11.6 Å². The Kier molecular flexibility index (Phi) is 40.4. The number of likely N-dealkylation sites (N-methyl/N-ethyl adjacent to an activating group) is 1. The number of nitrogens with one attached hydrogen (secondary N) is 4. The molecule has 0 radical (unpaired) electrons. The van der Waals surface area contributed by atoms with Gasteiger partial charge >= 0.3 is 11.9 Å². The predicted molar refractivity (Wildman–Crippen MR) is 239 cm³/mol. The number of ether oxygens (including phenoxy) is 4. The van der Waals surface area contributed by atoms with E-state index in [0.29, 0.717) is 51.1 Å². The van der Waals surface area contributed by atoms with Gasteiger partial charge in [0.25, 0.3) is 0 Å². The number of carbonyl (C=O) groups is 6.